The monoisotopic (exact) mass is 1020 g/mol. The summed E-state index contributed by atoms with van der Waals surface area (Å²) in [6.45, 7) is 15.7. The summed E-state index contributed by atoms with van der Waals surface area (Å²) >= 11 is 0. The molecule has 0 fully saturated rings. The topological polar surface area (TPSA) is 290 Å². The van der Waals surface area contributed by atoms with Crippen LogP contribution < -0.4 is 5.73 Å². The van der Waals surface area contributed by atoms with Crippen LogP contribution in [-0.4, -0.2) is 124 Å². The van der Waals surface area contributed by atoms with Crippen LogP contribution in [0.25, 0.3) is 21.8 Å². The number of carbonyl (C=O) groups excluding carboxylic acids is 4. The normalized spacial score (nSPS) is 12.0. The summed E-state index contributed by atoms with van der Waals surface area (Å²) < 4.78 is 55.2. The van der Waals surface area contributed by atoms with E-state index in [0.717, 1.165) is 21.5 Å². The van der Waals surface area contributed by atoms with E-state index >= 15 is 0 Å². The number of nitrogens with zero attached hydrogens (tertiary/aromatic N) is 5. The summed E-state index contributed by atoms with van der Waals surface area (Å²) in [5.74, 6) is -0.939. The second-order valence-electron chi connectivity index (χ2n) is 17.2. The highest BCUT2D eigenvalue weighted by Gasteiger charge is 2.35. The molecule has 0 saturated heterocycles. The van der Waals surface area contributed by atoms with Gasteiger partial charge in [-0.2, -0.15) is 0 Å². The first-order valence-electron chi connectivity index (χ1n) is 23.7. The Balaban J connectivity index is 0.00000127. The minimum absolute atomic E-state index is 0.0107. The molecule has 0 aliphatic carbocycles. The van der Waals surface area contributed by atoms with E-state index < -0.39 is 61.3 Å². The van der Waals surface area contributed by atoms with Crippen molar-refractivity contribution in [2.45, 2.75) is 125 Å². The molecule has 2 aromatic heterocycles. The highest BCUT2D eigenvalue weighted by molar-refractivity contribution is 7.90. The highest BCUT2D eigenvalue weighted by atomic mass is 32.2. The van der Waals surface area contributed by atoms with Gasteiger partial charge in [0.05, 0.1) is 49.7 Å². The Bertz CT molecular complexity index is 2710. The number of esters is 1. The van der Waals surface area contributed by atoms with E-state index in [1.165, 1.54) is 83.4 Å². The zero-order chi connectivity index (χ0) is 56.8. The van der Waals surface area contributed by atoms with E-state index in [0.29, 0.717) is 16.5 Å². The Morgan fingerprint density at radius 2 is 1.25 bits per heavy atom. The molecule has 0 aliphatic heterocycles. The largest absolute Gasteiger partial charge is 0.467 e. The van der Waals surface area contributed by atoms with Crippen LogP contribution >= 0.6 is 0 Å². The Hall–Kier alpha value is -6.91. The van der Waals surface area contributed by atoms with Crippen molar-refractivity contribution in [3.8, 4) is 0 Å². The number of aliphatic hydroxyl groups is 1. The number of amides is 2. The number of Topliss-reactive ketones (excluding diaryl/α,β-unsaturated/α-hetero) is 1. The maximum absolute atomic E-state index is 13.5. The van der Waals surface area contributed by atoms with E-state index in [1.54, 1.807) is 85.9 Å². The van der Waals surface area contributed by atoms with Crippen molar-refractivity contribution in [2.75, 3.05) is 34.9 Å². The van der Waals surface area contributed by atoms with Gasteiger partial charge in [0.15, 0.2) is 5.78 Å². The number of carbonyl (C=O) groups is 4. The highest BCUT2D eigenvalue weighted by Crippen LogP contribution is 2.35. The van der Waals surface area contributed by atoms with Gasteiger partial charge in [-0.25, -0.2) is 26.8 Å². The van der Waals surface area contributed by atoms with Gasteiger partial charge in [-0.1, -0.05) is 51.6 Å². The number of methoxy groups -OCH3 is 1. The van der Waals surface area contributed by atoms with Gasteiger partial charge >= 0.3 is 18.2 Å². The summed E-state index contributed by atoms with van der Waals surface area (Å²) in [5, 5.41) is 31.3. The van der Waals surface area contributed by atoms with Gasteiger partial charge < -0.3 is 34.9 Å². The number of nitro groups is 2. The number of benzene rings is 3. The number of hydrogen-bond donors (Lipinski definition) is 3. The smallest absolute Gasteiger partial charge is 0.410 e. The lowest BCUT2D eigenvalue weighted by atomic mass is 9.99. The van der Waals surface area contributed by atoms with Crippen molar-refractivity contribution >= 4 is 67.1 Å². The second-order valence-corrected chi connectivity index (χ2v) is 19.1. The standard InChI is InChI=1S/C25H29N3O8S.C19H25N3O5.C2H6O.CH5N.2CH4/c1-16-10-12-18(13-11-16)37(33,34)27-15-17(22-19(27)8-7-9-20(22)28(31)32)14-21(23(29)35-6)26(5)24(30)36-25(2,3)4;1-6-16(23)15(21(5)18(24)27-19(2,3)4)10-12-11-20-13-8-7-9-14(17(12)13)22(25)26;1-2-3;1-2;;/h7-13,15,21H,14H2,1-6H3;7-9,11,15,20H,6,10H2,1-5H3;3H,2H2,1H3;2H2,1H3;2*1H4/t21-;15-;;;;/m11..../s1/i;;;;2*1T. The van der Waals surface area contributed by atoms with Crippen molar-refractivity contribution in [3.63, 3.8) is 0 Å². The number of nitrogens with one attached hydrogen (secondary N) is 1. The maximum Gasteiger partial charge on any atom is 0.410 e. The zero-order valence-electron chi connectivity index (χ0n) is 45.4. The van der Waals surface area contributed by atoms with Crippen LogP contribution in [0.15, 0.2) is 78.0 Å². The number of nitro benzene ring substituents is 2. The van der Waals surface area contributed by atoms with E-state index in [1.807, 2.05) is 6.92 Å². The van der Waals surface area contributed by atoms with Crippen LogP contribution in [0.3, 0.4) is 0 Å². The Morgan fingerprint density at radius 3 is 1.70 bits per heavy atom. The number of aliphatic hydroxyl groups excluding tert-OH is 1. The second kappa shape index (κ2) is 27.5. The Morgan fingerprint density at radius 1 is 0.803 bits per heavy atom. The number of H-pyrrole nitrogens is 1. The molecule has 3 aromatic carbocycles. The number of aromatic nitrogens is 2. The number of fused-ring (bicyclic) bond motifs is 2. The summed E-state index contributed by atoms with van der Waals surface area (Å²) in [6, 6.07) is 13.0. The van der Waals surface area contributed by atoms with Crippen LogP contribution in [0.5, 0.6) is 0 Å². The SMILES string of the molecule is CCC(=O)[C@@H](Cc1c[nH]c2cccc([N+](=O)[O-])c12)N(C)C(=O)OC(C)(C)C.CCO.CN.COC(=O)[C@@H](Cc1cn(S(=O)(=O)c2ccc(C)cc2)c2cccc([N+](=O)[O-])c12)N(C)C(=O)OC(C)(C)C.[3H]C.[3H]C. The average molecular weight is 1020 g/mol. The lowest BCUT2D eigenvalue weighted by Crippen LogP contribution is -2.46. The molecule has 0 radical (unpaired) electrons. The third-order valence-corrected chi connectivity index (χ3v) is 11.6. The number of aryl methyl sites for hydroxylation is 1. The van der Waals surface area contributed by atoms with Crippen LogP contribution in [0.1, 0.15) is 96.0 Å². The Labute approximate surface area is 419 Å². The maximum atomic E-state index is 13.5. The molecular weight excluding hydrogens is 943 g/mol. The molecule has 0 unspecified atom stereocenters. The molecule has 0 spiro atoms. The zero-order valence-corrected chi connectivity index (χ0v) is 44.2. The lowest BCUT2D eigenvalue weighted by molar-refractivity contribution is -0.383. The summed E-state index contributed by atoms with van der Waals surface area (Å²) in [5.41, 5.74) is 4.91. The molecule has 4 N–H and O–H groups in total. The quantitative estimate of drug-likeness (QED) is 0.0430. The summed E-state index contributed by atoms with van der Waals surface area (Å²) in [4.78, 5) is 77.8. The molecule has 0 bridgehead atoms. The fourth-order valence-electron chi connectivity index (χ4n) is 6.75. The van der Waals surface area contributed by atoms with Crippen LogP contribution in [-0.2, 0) is 46.7 Å². The van der Waals surface area contributed by atoms with Crippen LogP contribution in [0.4, 0.5) is 21.0 Å². The molecule has 2 heterocycles. The molecule has 2 atom stereocenters. The predicted molar refractivity (Wildman–Crippen MR) is 274 cm³/mol. The number of non-ortho nitro benzene ring substituents is 2. The van der Waals surface area contributed by atoms with Gasteiger partial charge in [0.2, 0.25) is 0 Å². The first kappa shape index (κ1) is 60.2. The third kappa shape index (κ3) is 16.9. The first-order valence-corrected chi connectivity index (χ1v) is 23.1. The first-order chi connectivity index (χ1) is 34.1. The minimum Gasteiger partial charge on any atom is -0.467 e. The number of hydrogen-bond acceptors (Lipinski definition) is 15. The number of likely N-dealkylation sites (N-methyl/N-ethyl adjacent to an activating group) is 2. The van der Waals surface area contributed by atoms with Crippen molar-refractivity contribution in [1.82, 2.24) is 18.8 Å². The minimum atomic E-state index is -4.15. The number of rotatable bonds is 13. The van der Waals surface area contributed by atoms with Gasteiger partial charge in [-0.05, 0) is 97.8 Å². The van der Waals surface area contributed by atoms with Crippen molar-refractivity contribution in [3.05, 3.63) is 110 Å². The predicted octanol–water partition coefficient (Wildman–Crippen LogP) is 8.72. The average Bonchev–Trinajstić information content (AvgIpc) is 3.94. The Kier molecular flexibility index (Phi) is 23.3. The molecule has 0 saturated carbocycles. The fourth-order valence-corrected chi connectivity index (χ4v) is 8.13. The number of ketones is 1. The molecule has 5 aromatic rings. The van der Waals surface area contributed by atoms with Gasteiger partial charge in [-0.15, -0.1) is 0 Å². The summed E-state index contributed by atoms with van der Waals surface area (Å²) in [7, 11) is 3.84. The molecule has 5 rings (SSSR count). The van der Waals surface area contributed by atoms with E-state index in [9.17, 15) is 47.8 Å². The summed E-state index contributed by atoms with van der Waals surface area (Å²) in [6.07, 6.45) is 1.61. The third-order valence-electron chi connectivity index (χ3n) is 9.91. The molecule has 2 amide bonds. The number of nitrogens with two attached hydrogens (primary N) is 1. The fraction of sp³-hybridized carbons (Fsp3) is 0.469. The molecule has 394 valence electrons. The molecule has 0 aliphatic rings. The van der Waals surface area contributed by atoms with Crippen LogP contribution in [0, 0.1) is 27.2 Å². The lowest BCUT2D eigenvalue weighted by Gasteiger charge is -2.29. The van der Waals surface area contributed by atoms with E-state index in [-0.39, 0.29) is 64.4 Å². The molecule has 22 heteroatoms. The van der Waals surface area contributed by atoms with Gasteiger partial charge in [0.25, 0.3) is 21.4 Å². The van der Waals surface area contributed by atoms with E-state index in [2.05, 4.69) is 10.7 Å². The molecule has 21 nitrogen and oxygen atoms in total. The van der Waals surface area contributed by atoms with Crippen molar-refractivity contribution in [1.29, 1.82) is 0 Å². The van der Waals surface area contributed by atoms with Crippen molar-refractivity contribution < 1.29 is 59.5 Å². The van der Waals surface area contributed by atoms with Gasteiger partial charge in [0, 0.05) is 67.2 Å². The van der Waals surface area contributed by atoms with Crippen molar-refractivity contribution in [2.24, 2.45) is 5.73 Å². The van der Waals surface area contributed by atoms with Crippen LogP contribution in [0.2, 0.25) is 0 Å². The molecule has 71 heavy (non-hydrogen) atoms. The van der Waals surface area contributed by atoms with Gasteiger partial charge in [-0.3, -0.25) is 29.9 Å². The number of aromatic amines is 1. The van der Waals surface area contributed by atoms with E-state index in [4.69, 9.17) is 22.1 Å². The van der Waals surface area contributed by atoms with Gasteiger partial charge in [0.1, 0.15) is 17.2 Å². The number of ether oxygens (including phenoxy) is 3. The molecular formula is C49H73N7O14S.